The Morgan fingerprint density at radius 2 is 1.71 bits per heavy atom. The molecule has 0 spiro atoms. The number of hydrogen-bond donors (Lipinski definition) is 0. The number of ether oxygens (including phenoxy) is 2. The van der Waals surface area contributed by atoms with Crippen LogP contribution in [0, 0.1) is 5.82 Å². The van der Waals surface area contributed by atoms with Crippen molar-refractivity contribution in [1.82, 2.24) is 0 Å². The average Bonchev–Trinajstić information content (AvgIpc) is 2.70. The van der Waals surface area contributed by atoms with Crippen LogP contribution in [0.1, 0.15) is 26.3 Å². The molecule has 3 rings (SSSR count). The predicted octanol–water partition coefficient (Wildman–Crippen LogP) is 3.80. The van der Waals surface area contributed by atoms with Gasteiger partial charge in [-0.3, -0.25) is 13.9 Å². The largest absolute Gasteiger partial charge is 0.478 e. The summed E-state index contributed by atoms with van der Waals surface area (Å²) >= 11 is 0. The van der Waals surface area contributed by atoms with Gasteiger partial charge in [0, 0.05) is 0 Å². The van der Waals surface area contributed by atoms with Gasteiger partial charge in [0.1, 0.15) is 17.2 Å². The second-order valence-electron chi connectivity index (χ2n) is 8.52. The van der Waals surface area contributed by atoms with E-state index in [0.29, 0.717) is 9.87 Å². The van der Waals surface area contributed by atoms with E-state index in [2.05, 4.69) is 0 Å². The monoisotopic (exact) mass is 503 g/mol. The highest BCUT2D eigenvalue weighted by Crippen LogP contribution is 2.39. The first-order valence-corrected chi connectivity index (χ1v) is 11.4. The Morgan fingerprint density at radius 3 is 2.26 bits per heavy atom. The molecule has 0 saturated carbocycles. The molecule has 184 valence electrons. The van der Waals surface area contributed by atoms with Crippen LogP contribution in [0.5, 0.6) is 5.75 Å². The molecule has 0 aromatic heterocycles. The number of anilines is 1. The van der Waals surface area contributed by atoms with Crippen LogP contribution in [0.15, 0.2) is 47.4 Å². The Hall–Kier alpha value is -3.15. The number of benzene rings is 2. The highest BCUT2D eigenvalue weighted by Gasteiger charge is 2.48. The highest BCUT2D eigenvalue weighted by molar-refractivity contribution is 7.92. The van der Waals surface area contributed by atoms with Gasteiger partial charge in [-0.2, -0.15) is 13.2 Å². The fourth-order valence-electron chi connectivity index (χ4n) is 3.23. The number of alkyl halides is 3. The van der Waals surface area contributed by atoms with Crippen molar-refractivity contribution in [2.24, 2.45) is 0 Å². The van der Waals surface area contributed by atoms with Gasteiger partial charge in [-0.25, -0.2) is 12.8 Å². The van der Waals surface area contributed by atoms with Crippen molar-refractivity contribution in [1.29, 1.82) is 0 Å². The predicted molar refractivity (Wildman–Crippen MR) is 112 cm³/mol. The molecule has 0 N–H and O–H groups in total. The fraction of sp³-hybridized carbons (Fsp3) is 0.364. The third kappa shape index (κ3) is 5.66. The molecule has 0 aliphatic carbocycles. The van der Waals surface area contributed by atoms with Gasteiger partial charge in [-0.15, -0.1) is 0 Å². The lowest BCUT2D eigenvalue weighted by atomic mass is 10.1. The van der Waals surface area contributed by atoms with Crippen LogP contribution in [0.2, 0.25) is 0 Å². The minimum atomic E-state index is -5.26. The van der Waals surface area contributed by atoms with Gasteiger partial charge in [0.25, 0.3) is 15.8 Å². The van der Waals surface area contributed by atoms with Crippen LogP contribution in [0.3, 0.4) is 0 Å². The number of fused-ring (bicyclic) bond motifs is 1. The van der Waals surface area contributed by atoms with Crippen LogP contribution in [0.4, 0.5) is 23.2 Å². The summed E-state index contributed by atoms with van der Waals surface area (Å²) < 4.78 is 90.0. The number of rotatable bonds is 5. The minimum absolute atomic E-state index is 0.170. The molecule has 2 aromatic carbocycles. The summed E-state index contributed by atoms with van der Waals surface area (Å²) in [6.07, 6.45) is -7.66. The maximum atomic E-state index is 13.3. The van der Waals surface area contributed by atoms with Crippen molar-refractivity contribution in [2.75, 3.05) is 10.8 Å². The van der Waals surface area contributed by atoms with Gasteiger partial charge >= 0.3 is 12.1 Å². The zero-order valence-corrected chi connectivity index (χ0v) is 19.2. The van der Waals surface area contributed by atoms with E-state index in [4.69, 9.17) is 9.47 Å². The van der Waals surface area contributed by atoms with Crippen LogP contribution in [-0.2, 0) is 30.8 Å². The Labute approximate surface area is 193 Å². The zero-order chi connectivity index (χ0) is 25.5. The molecule has 0 amide bonds. The summed E-state index contributed by atoms with van der Waals surface area (Å²) in [7, 11) is -4.53. The minimum Gasteiger partial charge on any atom is -0.478 e. The number of carbonyl (C=O) groups excluding carboxylic acids is 2. The molecule has 0 fully saturated rings. The van der Waals surface area contributed by atoms with Crippen molar-refractivity contribution < 1.29 is 45.0 Å². The van der Waals surface area contributed by atoms with E-state index in [0.717, 1.165) is 24.3 Å². The maximum Gasteiger partial charge on any atom is 0.454 e. The number of Topliss-reactive ketones (excluding diaryl/α,β-unsaturated/α-hetero) is 1. The lowest BCUT2D eigenvalue weighted by Gasteiger charge is -2.35. The lowest BCUT2D eigenvalue weighted by Crippen LogP contribution is -2.50. The van der Waals surface area contributed by atoms with Gasteiger partial charge in [0.05, 0.1) is 23.5 Å². The number of halogens is 4. The van der Waals surface area contributed by atoms with E-state index >= 15 is 0 Å². The number of nitrogens with zero attached hydrogens (tertiary/aromatic N) is 1. The molecule has 2 aromatic rings. The van der Waals surface area contributed by atoms with E-state index in [-0.39, 0.29) is 17.9 Å². The van der Waals surface area contributed by atoms with Gasteiger partial charge in [0.15, 0.2) is 6.10 Å². The van der Waals surface area contributed by atoms with E-state index < -0.39 is 56.9 Å². The van der Waals surface area contributed by atoms with Crippen molar-refractivity contribution in [3.05, 3.63) is 53.8 Å². The second-order valence-corrected chi connectivity index (χ2v) is 10.4. The smallest absolute Gasteiger partial charge is 0.454 e. The molecule has 34 heavy (non-hydrogen) atoms. The van der Waals surface area contributed by atoms with Crippen molar-refractivity contribution in [3.63, 3.8) is 0 Å². The standard InChI is InChI=1S/C22H21F4NO6S/c1-21(2,3)33-19(28)11-13-4-9-17-16(10-13)27(12-18(32-17)20(29)22(24,25)26)34(30,31)15-7-5-14(23)6-8-15/h4-10,18H,11-12H2,1-3H3. The number of esters is 1. The van der Waals surface area contributed by atoms with Crippen LogP contribution < -0.4 is 9.04 Å². The van der Waals surface area contributed by atoms with E-state index in [1.165, 1.54) is 18.2 Å². The molecule has 1 atom stereocenters. The zero-order valence-electron chi connectivity index (χ0n) is 18.3. The average molecular weight is 503 g/mol. The Morgan fingerprint density at radius 1 is 1.09 bits per heavy atom. The van der Waals surface area contributed by atoms with Crippen molar-refractivity contribution in [3.8, 4) is 5.75 Å². The first-order chi connectivity index (χ1) is 15.6. The van der Waals surface area contributed by atoms with Crippen molar-refractivity contribution in [2.45, 2.75) is 50.0 Å². The summed E-state index contributed by atoms with van der Waals surface area (Å²) in [5, 5.41) is 0. The second kappa shape index (κ2) is 8.90. The molecule has 1 aliphatic rings. The summed E-state index contributed by atoms with van der Waals surface area (Å²) in [5.74, 6) is -3.88. The third-order valence-corrected chi connectivity index (χ3v) is 6.43. The summed E-state index contributed by atoms with van der Waals surface area (Å²) in [6.45, 7) is 4.03. The van der Waals surface area contributed by atoms with Crippen LogP contribution in [-0.4, -0.2) is 44.6 Å². The highest BCUT2D eigenvalue weighted by atomic mass is 32.2. The van der Waals surface area contributed by atoms with Gasteiger partial charge < -0.3 is 9.47 Å². The van der Waals surface area contributed by atoms with E-state index in [1.807, 2.05) is 0 Å². The molecule has 1 aliphatic heterocycles. The molecule has 1 unspecified atom stereocenters. The lowest BCUT2D eigenvalue weighted by molar-refractivity contribution is -0.178. The number of carbonyl (C=O) groups is 2. The van der Waals surface area contributed by atoms with Gasteiger partial charge in [0.2, 0.25) is 0 Å². The number of ketones is 1. The molecule has 0 saturated heterocycles. The summed E-state index contributed by atoms with van der Waals surface area (Å²) in [5.41, 5.74) is -0.634. The first kappa shape index (κ1) is 25.5. The first-order valence-electron chi connectivity index (χ1n) is 9.99. The Balaban J connectivity index is 2.05. The Bertz CT molecular complexity index is 1200. The molecule has 0 radical (unpaired) electrons. The quantitative estimate of drug-likeness (QED) is 0.456. The summed E-state index contributed by atoms with van der Waals surface area (Å²) in [4.78, 5) is 23.6. The maximum absolute atomic E-state index is 13.3. The van der Waals surface area contributed by atoms with Gasteiger partial charge in [-0.05, 0) is 62.7 Å². The molecule has 0 bridgehead atoms. The molecular weight excluding hydrogens is 482 g/mol. The SMILES string of the molecule is CC(C)(C)OC(=O)Cc1ccc2c(c1)N(S(=O)(=O)c1ccc(F)cc1)CC(C(=O)C(F)(F)F)O2. The van der Waals surface area contributed by atoms with Gasteiger partial charge in [-0.1, -0.05) is 6.07 Å². The number of hydrogen-bond acceptors (Lipinski definition) is 6. The number of sulfonamides is 1. The molecular formula is C22H21F4NO6S. The van der Waals surface area contributed by atoms with Crippen LogP contribution in [0.25, 0.3) is 0 Å². The fourth-order valence-corrected chi connectivity index (χ4v) is 4.70. The normalized spacial score (nSPS) is 16.4. The van der Waals surface area contributed by atoms with E-state index in [1.54, 1.807) is 20.8 Å². The molecule has 12 heteroatoms. The third-order valence-electron chi connectivity index (χ3n) is 4.63. The topological polar surface area (TPSA) is 90.0 Å². The summed E-state index contributed by atoms with van der Waals surface area (Å²) in [6, 6.07) is 7.45. The molecule has 1 heterocycles. The van der Waals surface area contributed by atoms with Crippen molar-refractivity contribution >= 4 is 27.5 Å². The van der Waals surface area contributed by atoms with E-state index in [9.17, 15) is 35.6 Å². The van der Waals surface area contributed by atoms with Crippen LogP contribution >= 0.6 is 0 Å². The molecule has 7 nitrogen and oxygen atoms in total. The Kier molecular flexibility index (Phi) is 6.66.